The predicted molar refractivity (Wildman–Crippen MR) is 90.3 cm³/mol. The first-order valence-electron chi connectivity index (χ1n) is 7.70. The van der Waals surface area contributed by atoms with Gasteiger partial charge in [-0.1, -0.05) is 18.2 Å². The highest BCUT2D eigenvalue weighted by Gasteiger charge is 2.43. The van der Waals surface area contributed by atoms with E-state index >= 15 is 0 Å². The Morgan fingerprint density at radius 2 is 1.76 bits per heavy atom. The van der Waals surface area contributed by atoms with Gasteiger partial charge in [-0.05, 0) is 13.0 Å². The Kier molecular flexibility index (Phi) is 7.85. The molecule has 1 aliphatic heterocycles. The summed E-state index contributed by atoms with van der Waals surface area (Å²) in [6.07, 6.45) is -4.44. The number of halogens is 4. The average Bonchev–Trinajstić information content (AvgIpc) is 2.54. The van der Waals surface area contributed by atoms with Gasteiger partial charge in [-0.2, -0.15) is 13.2 Å². The molecular formula is C16H21ClF3N3O2. The summed E-state index contributed by atoms with van der Waals surface area (Å²) in [4.78, 5) is 25.1. The van der Waals surface area contributed by atoms with Crippen molar-refractivity contribution in [1.29, 1.82) is 0 Å². The molecule has 0 aromatic heterocycles. The molecule has 2 rings (SSSR count). The van der Waals surface area contributed by atoms with Crippen molar-refractivity contribution in [2.45, 2.75) is 19.1 Å². The van der Waals surface area contributed by atoms with Crippen molar-refractivity contribution in [2.24, 2.45) is 0 Å². The molecule has 25 heavy (non-hydrogen) atoms. The molecule has 0 spiro atoms. The number of nitrogens with one attached hydrogen (secondary N) is 2. The molecule has 9 heteroatoms. The van der Waals surface area contributed by atoms with Crippen LogP contribution in [0, 0.1) is 0 Å². The lowest BCUT2D eigenvalue weighted by Crippen LogP contribution is -2.57. The van der Waals surface area contributed by atoms with E-state index in [4.69, 9.17) is 0 Å². The van der Waals surface area contributed by atoms with Gasteiger partial charge in [-0.3, -0.25) is 14.5 Å². The molecule has 0 aliphatic carbocycles. The van der Waals surface area contributed by atoms with Gasteiger partial charge in [0.25, 0.3) is 5.91 Å². The van der Waals surface area contributed by atoms with Gasteiger partial charge >= 0.3 is 6.18 Å². The fraction of sp³-hybridized carbons (Fsp3) is 0.500. The molecule has 1 aliphatic rings. The fourth-order valence-corrected chi connectivity index (χ4v) is 2.72. The summed E-state index contributed by atoms with van der Waals surface area (Å²) in [5.41, 5.74) is 0.284. The zero-order chi connectivity index (χ0) is 17.7. The maximum Gasteiger partial charge on any atom is 0.405 e. The lowest BCUT2D eigenvalue weighted by atomic mass is 10.0. The number of carbonyl (C=O) groups excluding carboxylic acids is 2. The van der Waals surface area contributed by atoms with Gasteiger partial charge in [0.05, 0.1) is 5.56 Å². The summed E-state index contributed by atoms with van der Waals surface area (Å²) in [6.45, 7) is 2.26. The molecule has 0 saturated carbocycles. The Bertz CT molecular complexity index is 605. The number of hydrogen-bond acceptors (Lipinski definition) is 4. The van der Waals surface area contributed by atoms with Crippen molar-refractivity contribution in [1.82, 2.24) is 15.5 Å². The third-order valence-electron chi connectivity index (χ3n) is 3.98. The smallest absolute Gasteiger partial charge is 0.350 e. The second-order valence-electron chi connectivity index (χ2n) is 5.66. The number of carbonyl (C=O) groups is 2. The van der Waals surface area contributed by atoms with Crippen molar-refractivity contribution in [3.63, 3.8) is 0 Å². The maximum atomic E-state index is 13.3. The van der Waals surface area contributed by atoms with Gasteiger partial charge in [0, 0.05) is 38.3 Å². The van der Waals surface area contributed by atoms with Crippen LogP contribution in [0.1, 0.15) is 27.6 Å². The van der Waals surface area contributed by atoms with Gasteiger partial charge in [0.2, 0.25) is 0 Å². The molecular weight excluding hydrogens is 359 g/mol. The van der Waals surface area contributed by atoms with E-state index in [1.165, 1.54) is 24.0 Å². The highest BCUT2D eigenvalue weighted by atomic mass is 35.5. The standard InChI is InChI=1S/C16H20F3N3O2.ClH/c1-11(23)12-4-2-3-5-13(12)15(24)21-10-14(16(17,18)19)22-8-6-20-7-9-22;/h2-5,14,20H,6-10H2,1H3,(H,21,24);1H. The zero-order valence-corrected chi connectivity index (χ0v) is 14.5. The van der Waals surface area contributed by atoms with Gasteiger partial charge in [0.15, 0.2) is 5.78 Å². The van der Waals surface area contributed by atoms with Crippen LogP contribution < -0.4 is 10.6 Å². The highest BCUT2D eigenvalue weighted by molar-refractivity contribution is 6.07. The largest absolute Gasteiger partial charge is 0.405 e. The topological polar surface area (TPSA) is 61.4 Å². The van der Waals surface area contributed by atoms with Gasteiger partial charge in [0.1, 0.15) is 6.04 Å². The van der Waals surface area contributed by atoms with Crippen LogP contribution in [0.3, 0.4) is 0 Å². The summed E-state index contributed by atoms with van der Waals surface area (Å²) in [6, 6.07) is 4.34. The number of hydrogen-bond donors (Lipinski definition) is 2. The number of benzene rings is 1. The molecule has 1 saturated heterocycles. The van der Waals surface area contributed by atoms with E-state index < -0.39 is 24.7 Å². The van der Waals surface area contributed by atoms with Crippen LogP contribution in [-0.2, 0) is 0 Å². The minimum absolute atomic E-state index is 0. The minimum atomic E-state index is -4.44. The van der Waals surface area contributed by atoms with Crippen LogP contribution in [0.5, 0.6) is 0 Å². The molecule has 0 radical (unpaired) electrons. The normalized spacial score (nSPS) is 16.6. The monoisotopic (exact) mass is 379 g/mol. The molecule has 2 N–H and O–H groups in total. The molecule has 0 bridgehead atoms. The Morgan fingerprint density at radius 1 is 1.20 bits per heavy atom. The summed E-state index contributed by atoms with van der Waals surface area (Å²) in [5.74, 6) is -0.986. The van der Waals surface area contributed by atoms with Gasteiger partial charge in [-0.25, -0.2) is 0 Å². The number of rotatable bonds is 5. The molecule has 1 heterocycles. The number of piperazine rings is 1. The summed E-state index contributed by atoms with van der Waals surface area (Å²) >= 11 is 0. The van der Waals surface area contributed by atoms with E-state index in [9.17, 15) is 22.8 Å². The fourth-order valence-electron chi connectivity index (χ4n) is 2.72. The first-order valence-corrected chi connectivity index (χ1v) is 7.70. The molecule has 1 fully saturated rings. The van der Waals surface area contributed by atoms with E-state index in [0.717, 1.165) is 0 Å². The Labute approximate surface area is 150 Å². The lowest BCUT2D eigenvalue weighted by Gasteiger charge is -2.35. The quantitative estimate of drug-likeness (QED) is 0.767. The lowest BCUT2D eigenvalue weighted by molar-refractivity contribution is -0.183. The molecule has 1 amide bonds. The van der Waals surface area contributed by atoms with Crippen LogP contribution in [-0.4, -0.2) is 61.5 Å². The van der Waals surface area contributed by atoms with Crippen LogP contribution in [0.25, 0.3) is 0 Å². The van der Waals surface area contributed by atoms with Crippen molar-refractivity contribution in [2.75, 3.05) is 32.7 Å². The van der Waals surface area contributed by atoms with Gasteiger partial charge < -0.3 is 10.6 Å². The van der Waals surface area contributed by atoms with E-state index in [1.807, 2.05) is 0 Å². The molecule has 140 valence electrons. The maximum absolute atomic E-state index is 13.3. The SMILES string of the molecule is CC(=O)c1ccccc1C(=O)NCC(N1CCNCC1)C(F)(F)F.Cl. The van der Waals surface area contributed by atoms with Gasteiger partial charge in [-0.15, -0.1) is 12.4 Å². The van der Waals surface area contributed by atoms with E-state index in [0.29, 0.717) is 13.1 Å². The molecule has 1 unspecified atom stereocenters. The average molecular weight is 380 g/mol. The summed E-state index contributed by atoms with van der Waals surface area (Å²) in [7, 11) is 0. The third kappa shape index (κ3) is 5.69. The molecule has 1 aromatic carbocycles. The van der Waals surface area contributed by atoms with E-state index in [-0.39, 0.29) is 42.4 Å². The molecule has 1 aromatic rings. The summed E-state index contributed by atoms with van der Waals surface area (Å²) < 4.78 is 39.9. The van der Waals surface area contributed by atoms with E-state index in [1.54, 1.807) is 12.1 Å². The molecule has 1 atom stereocenters. The van der Waals surface area contributed by atoms with Crippen molar-refractivity contribution in [3.05, 3.63) is 35.4 Å². The summed E-state index contributed by atoms with van der Waals surface area (Å²) in [5, 5.41) is 5.32. The number of alkyl halides is 3. The number of ketones is 1. The van der Waals surface area contributed by atoms with E-state index in [2.05, 4.69) is 10.6 Å². The highest BCUT2D eigenvalue weighted by Crippen LogP contribution is 2.25. The van der Waals surface area contributed by atoms with Crippen molar-refractivity contribution < 1.29 is 22.8 Å². The van der Waals surface area contributed by atoms with Crippen molar-refractivity contribution in [3.8, 4) is 0 Å². The molecule has 5 nitrogen and oxygen atoms in total. The number of nitrogens with zero attached hydrogens (tertiary/aromatic N) is 1. The Balaban J connectivity index is 0.00000312. The number of amides is 1. The Morgan fingerprint density at radius 3 is 2.28 bits per heavy atom. The predicted octanol–water partition coefficient (Wildman–Crippen LogP) is 1.88. The van der Waals surface area contributed by atoms with Crippen LogP contribution in [0.2, 0.25) is 0 Å². The van der Waals surface area contributed by atoms with Crippen LogP contribution >= 0.6 is 12.4 Å². The zero-order valence-electron chi connectivity index (χ0n) is 13.7. The first kappa shape index (κ1) is 21.4. The second kappa shape index (κ2) is 9.17. The number of Topliss-reactive ketones (excluding diaryl/α,β-unsaturated/α-hetero) is 1. The van der Waals surface area contributed by atoms with Crippen molar-refractivity contribution >= 4 is 24.1 Å². The second-order valence-corrected chi connectivity index (χ2v) is 5.66. The van der Waals surface area contributed by atoms with Crippen LogP contribution in [0.15, 0.2) is 24.3 Å². The first-order chi connectivity index (χ1) is 11.3. The Hall–Kier alpha value is -1.64. The minimum Gasteiger partial charge on any atom is -0.350 e. The van der Waals surface area contributed by atoms with Crippen LogP contribution in [0.4, 0.5) is 13.2 Å². The third-order valence-corrected chi connectivity index (χ3v) is 3.98.